The van der Waals surface area contributed by atoms with Crippen LogP contribution in [0.25, 0.3) is 0 Å². The summed E-state index contributed by atoms with van der Waals surface area (Å²) in [6, 6.07) is 23.4. The lowest BCUT2D eigenvalue weighted by Gasteiger charge is -2.26. The Labute approximate surface area is 320 Å². The summed E-state index contributed by atoms with van der Waals surface area (Å²) in [5, 5.41) is 11.1. The number of hydrogen-bond donors (Lipinski definition) is 8. The average molecular weight is 751 g/mol. The maximum atomic E-state index is 14.1. The second-order valence-corrected chi connectivity index (χ2v) is 13.2. The standard InChI is InChI=1S/C40H50N10O5/c41-36(52)32(22-28-14-6-2-7-15-28)49-37(53)31(19-11-21-45-40(42)43)48-38(54)33(23-29-16-8-3-9-17-29)50-39(55)34(24-30-25-44-26-46-30)47-35(51)20-10-18-27-12-4-1-5-13-27/h1-9,12-17,25-26,31-34H,10-11,18-24H2,(H2,41,52)(H,44,46)(H,47,51)(H,48,54)(H,49,53)(H,50,55)(H4,42,43,45)/t31-,32+,33+,34-/m0/s1. The van der Waals surface area contributed by atoms with Gasteiger partial charge in [0, 0.05) is 44.1 Å². The summed E-state index contributed by atoms with van der Waals surface area (Å²) in [5.41, 5.74) is 19.9. The maximum Gasteiger partial charge on any atom is 0.243 e. The molecule has 1 aromatic heterocycles. The number of nitrogens with zero attached hydrogens (tertiary/aromatic N) is 2. The molecule has 0 bridgehead atoms. The molecule has 0 unspecified atom stereocenters. The molecule has 4 aromatic rings. The highest BCUT2D eigenvalue weighted by molar-refractivity contribution is 5.95. The van der Waals surface area contributed by atoms with E-state index < -0.39 is 47.8 Å². The first-order valence-electron chi connectivity index (χ1n) is 18.2. The molecule has 0 spiro atoms. The third-order valence-corrected chi connectivity index (χ3v) is 8.78. The number of imidazole rings is 1. The number of hydrogen-bond acceptors (Lipinski definition) is 7. The smallest absolute Gasteiger partial charge is 0.243 e. The summed E-state index contributed by atoms with van der Waals surface area (Å²) in [7, 11) is 0. The number of amides is 5. The molecule has 0 saturated heterocycles. The number of rotatable bonds is 22. The third-order valence-electron chi connectivity index (χ3n) is 8.78. The Kier molecular flexibility index (Phi) is 16.4. The van der Waals surface area contributed by atoms with E-state index in [0.717, 1.165) is 16.7 Å². The first kappa shape index (κ1) is 41.2. The van der Waals surface area contributed by atoms with Crippen LogP contribution in [-0.4, -0.2) is 76.2 Å². The number of benzene rings is 3. The quantitative estimate of drug-likeness (QED) is 0.0325. The lowest BCUT2D eigenvalue weighted by atomic mass is 10.0. The van der Waals surface area contributed by atoms with Gasteiger partial charge < -0.3 is 43.5 Å². The Morgan fingerprint density at radius 3 is 1.67 bits per heavy atom. The molecular formula is C40H50N10O5. The summed E-state index contributed by atoms with van der Waals surface area (Å²) in [6.45, 7) is 0.176. The van der Waals surface area contributed by atoms with E-state index in [9.17, 15) is 24.0 Å². The molecule has 15 nitrogen and oxygen atoms in total. The molecule has 0 fully saturated rings. The van der Waals surface area contributed by atoms with E-state index in [2.05, 4.69) is 36.2 Å². The van der Waals surface area contributed by atoms with Crippen molar-refractivity contribution in [2.24, 2.45) is 22.2 Å². The van der Waals surface area contributed by atoms with E-state index in [1.54, 1.807) is 42.6 Å². The average Bonchev–Trinajstić information content (AvgIpc) is 3.69. The van der Waals surface area contributed by atoms with Gasteiger partial charge in [-0.2, -0.15) is 0 Å². The zero-order chi connectivity index (χ0) is 39.4. The van der Waals surface area contributed by atoms with Crippen molar-refractivity contribution in [2.45, 2.75) is 75.5 Å². The topological polar surface area (TPSA) is 253 Å². The van der Waals surface area contributed by atoms with E-state index >= 15 is 0 Å². The normalized spacial score (nSPS) is 12.9. The molecule has 290 valence electrons. The van der Waals surface area contributed by atoms with E-state index in [4.69, 9.17) is 17.2 Å². The number of aryl methyl sites for hydroxylation is 1. The second kappa shape index (κ2) is 21.9. The molecule has 1 heterocycles. The Morgan fingerprint density at radius 2 is 1.13 bits per heavy atom. The number of guanidine groups is 1. The number of primary amides is 1. The first-order chi connectivity index (χ1) is 26.6. The first-order valence-corrected chi connectivity index (χ1v) is 18.2. The fourth-order valence-corrected chi connectivity index (χ4v) is 5.91. The molecule has 55 heavy (non-hydrogen) atoms. The van der Waals surface area contributed by atoms with Gasteiger partial charge in [0.1, 0.15) is 24.2 Å². The van der Waals surface area contributed by atoms with Crippen LogP contribution in [0.3, 0.4) is 0 Å². The van der Waals surface area contributed by atoms with Gasteiger partial charge >= 0.3 is 0 Å². The number of carbonyl (C=O) groups excluding carboxylic acids is 5. The minimum Gasteiger partial charge on any atom is -0.370 e. The van der Waals surface area contributed by atoms with Crippen molar-refractivity contribution >= 4 is 35.5 Å². The van der Waals surface area contributed by atoms with Crippen LogP contribution < -0.4 is 38.5 Å². The van der Waals surface area contributed by atoms with E-state index in [-0.39, 0.29) is 50.5 Å². The SMILES string of the molecule is NC(=O)[C@@H](Cc1ccccc1)NC(=O)[C@H](CCCN=C(N)N)NC(=O)[C@@H](Cc1ccccc1)NC(=O)[C@H](Cc1cnc[nH]1)NC(=O)CCCc1ccccc1. The van der Waals surface area contributed by atoms with E-state index in [1.165, 1.54) is 6.33 Å². The van der Waals surface area contributed by atoms with Crippen molar-refractivity contribution in [2.75, 3.05) is 6.54 Å². The Bertz CT molecular complexity index is 1840. The predicted octanol–water partition coefficient (Wildman–Crippen LogP) is 0.939. The number of carbonyl (C=O) groups is 5. The van der Waals surface area contributed by atoms with Crippen LogP contribution in [0.1, 0.15) is 48.1 Å². The monoisotopic (exact) mass is 750 g/mol. The van der Waals surface area contributed by atoms with Gasteiger partial charge in [-0.05, 0) is 42.4 Å². The molecule has 4 atom stereocenters. The molecule has 0 saturated carbocycles. The van der Waals surface area contributed by atoms with Gasteiger partial charge in [0.15, 0.2) is 5.96 Å². The van der Waals surface area contributed by atoms with Crippen molar-refractivity contribution < 1.29 is 24.0 Å². The van der Waals surface area contributed by atoms with Crippen LogP contribution in [0.5, 0.6) is 0 Å². The van der Waals surface area contributed by atoms with Crippen LogP contribution >= 0.6 is 0 Å². The number of nitrogens with two attached hydrogens (primary N) is 3. The summed E-state index contributed by atoms with van der Waals surface area (Å²) in [4.78, 5) is 78.4. The second-order valence-electron chi connectivity index (χ2n) is 13.2. The number of nitrogens with one attached hydrogen (secondary N) is 5. The maximum absolute atomic E-state index is 14.1. The van der Waals surface area contributed by atoms with Gasteiger partial charge in [-0.15, -0.1) is 0 Å². The van der Waals surface area contributed by atoms with Gasteiger partial charge in [0.2, 0.25) is 29.5 Å². The zero-order valence-corrected chi connectivity index (χ0v) is 30.7. The molecule has 3 aromatic carbocycles. The van der Waals surface area contributed by atoms with E-state index in [0.29, 0.717) is 25.0 Å². The Hall–Kier alpha value is -6.51. The molecule has 0 aliphatic rings. The molecule has 5 amide bonds. The summed E-state index contributed by atoms with van der Waals surface area (Å²) in [5.74, 6) is -3.11. The van der Waals surface area contributed by atoms with Crippen LogP contribution in [0.2, 0.25) is 0 Å². The molecule has 0 radical (unpaired) electrons. The lowest BCUT2D eigenvalue weighted by molar-refractivity contribution is -0.134. The van der Waals surface area contributed by atoms with Gasteiger partial charge in [0.05, 0.1) is 6.33 Å². The minimum absolute atomic E-state index is 0.0699. The van der Waals surface area contributed by atoms with Crippen molar-refractivity contribution in [3.8, 4) is 0 Å². The molecular weight excluding hydrogens is 701 g/mol. The largest absolute Gasteiger partial charge is 0.370 e. The van der Waals surface area contributed by atoms with Crippen molar-refractivity contribution in [3.05, 3.63) is 126 Å². The summed E-state index contributed by atoms with van der Waals surface area (Å²) in [6.07, 6.45) is 5.16. The van der Waals surface area contributed by atoms with Gasteiger partial charge in [-0.3, -0.25) is 29.0 Å². The number of H-pyrrole nitrogens is 1. The summed E-state index contributed by atoms with van der Waals surface area (Å²) < 4.78 is 0. The number of aromatic amines is 1. The van der Waals surface area contributed by atoms with Crippen molar-refractivity contribution in [1.82, 2.24) is 31.2 Å². The third kappa shape index (κ3) is 14.8. The minimum atomic E-state index is -1.17. The highest BCUT2D eigenvalue weighted by Gasteiger charge is 2.31. The van der Waals surface area contributed by atoms with Crippen LogP contribution in [0.15, 0.2) is 109 Å². The molecule has 11 N–H and O–H groups in total. The fraction of sp³-hybridized carbons (Fsp3) is 0.325. The van der Waals surface area contributed by atoms with Gasteiger partial charge in [0.25, 0.3) is 0 Å². The molecule has 4 rings (SSSR count). The number of aromatic nitrogens is 2. The van der Waals surface area contributed by atoms with Gasteiger partial charge in [-0.1, -0.05) is 91.0 Å². The lowest BCUT2D eigenvalue weighted by Crippen LogP contribution is -2.59. The predicted molar refractivity (Wildman–Crippen MR) is 209 cm³/mol. The van der Waals surface area contributed by atoms with Crippen LogP contribution in [-0.2, 0) is 49.7 Å². The van der Waals surface area contributed by atoms with Crippen molar-refractivity contribution in [3.63, 3.8) is 0 Å². The van der Waals surface area contributed by atoms with Gasteiger partial charge in [-0.25, -0.2) is 4.98 Å². The fourth-order valence-electron chi connectivity index (χ4n) is 5.91. The highest BCUT2D eigenvalue weighted by Crippen LogP contribution is 2.10. The van der Waals surface area contributed by atoms with Crippen LogP contribution in [0, 0.1) is 0 Å². The van der Waals surface area contributed by atoms with Crippen LogP contribution in [0.4, 0.5) is 0 Å². The molecule has 0 aliphatic heterocycles. The van der Waals surface area contributed by atoms with E-state index in [1.807, 2.05) is 54.6 Å². The Morgan fingerprint density at radius 1 is 0.618 bits per heavy atom. The molecule has 0 aliphatic carbocycles. The highest BCUT2D eigenvalue weighted by atomic mass is 16.2. The van der Waals surface area contributed by atoms with Crippen molar-refractivity contribution in [1.29, 1.82) is 0 Å². The zero-order valence-electron chi connectivity index (χ0n) is 30.7. The molecule has 15 heteroatoms. The summed E-state index contributed by atoms with van der Waals surface area (Å²) >= 11 is 0. The Balaban J connectivity index is 1.52. The number of aliphatic imine (C=N–C) groups is 1.